The van der Waals surface area contributed by atoms with Gasteiger partial charge >= 0.3 is 0 Å². The minimum atomic E-state index is 0.218. The van der Waals surface area contributed by atoms with Gasteiger partial charge < -0.3 is 10.1 Å². The maximum absolute atomic E-state index is 6.17. The SMILES string of the molecule is c1ccc2c(c1)CC[C@H](CNCc1cncc(-c3cccc4c3-c3ccccc3C4)c1)O2. The summed E-state index contributed by atoms with van der Waals surface area (Å²) in [6.45, 7) is 1.63. The number of ether oxygens (including phenoxy) is 1. The highest BCUT2D eigenvalue weighted by Gasteiger charge is 2.22. The van der Waals surface area contributed by atoms with Crippen molar-refractivity contribution in [1.82, 2.24) is 10.3 Å². The van der Waals surface area contributed by atoms with E-state index < -0.39 is 0 Å². The molecule has 1 aliphatic heterocycles. The van der Waals surface area contributed by atoms with Gasteiger partial charge in [-0.25, -0.2) is 0 Å². The number of rotatable bonds is 5. The zero-order valence-electron chi connectivity index (χ0n) is 18.1. The average molecular weight is 419 g/mol. The Hall–Kier alpha value is -3.43. The van der Waals surface area contributed by atoms with Crippen LogP contribution in [0.4, 0.5) is 0 Å². The Morgan fingerprint density at radius 1 is 0.844 bits per heavy atom. The Morgan fingerprint density at radius 2 is 1.66 bits per heavy atom. The topological polar surface area (TPSA) is 34.2 Å². The van der Waals surface area contributed by atoms with Gasteiger partial charge in [0.25, 0.3) is 0 Å². The molecule has 2 heterocycles. The van der Waals surface area contributed by atoms with Crippen molar-refractivity contribution in [3.8, 4) is 28.0 Å². The predicted molar refractivity (Wildman–Crippen MR) is 129 cm³/mol. The molecule has 0 saturated carbocycles. The van der Waals surface area contributed by atoms with E-state index in [1.807, 2.05) is 18.5 Å². The summed E-state index contributed by atoms with van der Waals surface area (Å²) < 4.78 is 6.17. The molecule has 0 fully saturated rings. The minimum Gasteiger partial charge on any atom is -0.489 e. The van der Waals surface area contributed by atoms with Gasteiger partial charge in [-0.15, -0.1) is 0 Å². The van der Waals surface area contributed by atoms with E-state index in [1.54, 1.807) is 0 Å². The van der Waals surface area contributed by atoms with Crippen molar-refractivity contribution in [1.29, 1.82) is 0 Å². The number of para-hydroxylation sites is 1. The molecule has 1 aliphatic carbocycles. The van der Waals surface area contributed by atoms with E-state index in [2.05, 4.69) is 77.0 Å². The van der Waals surface area contributed by atoms with E-state index in [0.29, 0.717) is 0 Å². The molecule has 0 saturated heterocycles. The van der Waals surface area contributed by atoms with E-state index in [4.69, 9.17) is 4.74 Å². The lowest BCUT2D eigenvalue weighted by molar-refractivity contribution is 0.170. The van der Waals surface area contributed by atoms with Crippen LogP contribution >= 0.6 is 0 Å². The Kier molecular flexibility index (Phi) is 4.97. The highest BCUT2D eigenvalue weighted by molar-refractivity contribution is 5.90. The van der Waals surface area contributed by atoms with Gasteiger partial charge in [-0.3, -0.25) is 4.98 Å². The molecule has 3 heteroatoms. The Balaban J connectivity index is 1.18. The number of aromatic nitrogens is 1. The number of aryl methyl sites for hydroxylation is 1. The molecule has 158 valence electrons. The number of benzene rings is 3. The van der Waals surface area contributed by atoms with Crippen molar-refractivity contribution >= 4 is 0 Å². The maximum atomic E-state index is 6.17. The smallest absolute Gasteiger partial charge is 0.122 e. The summed E-state index contributed by atoms with van der Waals surface area (Å²) in [5, 5.41) is 3.58. The Labute approximate surface area is 189 Å². The second kappa shape index (κ2) is 8.25. The van der Waals surface area contributed by atoms with Crippen LogP contribution in [0.1, 0.15) is 28.7 Å². The van der Waals surface area contributed by atoms with Crippen molar-refractivity contribution in [2.24, 2.45) is 0 Å². The van der Waals surface area contributed by atoms with Crippen LogP contribution < -0.4 is 10.1 Å². The summed E-state index contributed by atoms with van der Waals surface area (Å²) in [6, 6.07) is 26.0. The number of fused-ring (bicyclic) bond motifs is 4. The zero-order chi connectivity index (χ0) is 21.3. The molecule has 1 aromatic heterocycles. The predicted octanol–water partition coefficient (Wildman–Crippen LogP) is 5.80. The van der Waals surface area contributed by atoms with E-state index >= 15 is 0 Å². The first kappa shape index (κ1) is 19.3. The van der Waals surface area contributed by atoms with Crippen molar-refractivity contribution in [3.05, 3.63) is 107 Å². The molecular formula is C29H26N2O. The minimum absolute atomic E-state index is 0.218. The van der Waals surface area contributed by atoms with Crippen LogP contribution in [0.25, 0.3) is 22.3 Å². The Morgan fingerprint density at radius 3 is 2.62 bits per heavy atom. The summed E-state index contributed by atoms with van der Waals surface area (Å²) in [6.07, 6.45) is 7.32. The largest absolute Gasteiger partial charge is 0.489 e. The molecule has 4 aromatic rings. The number of nitrogens with zero attached hydrogens (tertiary/aromatic N) is 1. The standard InChI is InChI=1S/C29H26N2O/c1-3-9-26-22(7-1)15-23-8-5-10-27(29(23)26)24-14-20(16-30-18-24)17-31-19-25-13-12-21-6-2-4-11-28(21)32-25/h1-11,14,16,18,25,31H,12-13,15,17,19H2/t25-/m1/s1. The van der Waals surface area contributed by atoms with E-state index in [9.17, 15) is 0 Å². The first-order chi connectivity index (χ1) is 15.8. The highest BCUT2D eigenvalue weighted by Crippen LogP contribution is 2.42. The molecule has 6 rings (SSSR count). The molecule has 2 aliphatic rings. The average Bonchev–Trinajstić information content (AvgIpc) is 3.23. The van der Waals surface area contributed by atoms with Gasteiger partial charge in [-0.05, 0) is 70.3 Å². The van der Waals surface area contributed by atoms with E-state index in [0.717, 1.165) is 38.1 Å². The summed E-state index contributed by atoms with van der Waals surface area (Å²) in [4.78, 5) is 4.57. The van der Waals surface area contributed by atoms with Gasteiger partial charge in [-0.1, -0.05) is 60.7 Å². The van der Waals surface area contributed by atoms with Crippen LogP contribution in [0.15, 0.2) is 85.2 Å². The second-order valence-corrected chi connectivity index (χ2v) is 8.77. The van der Waals surface area contributed by atoms with E-state index in [1.165, 1.54) is 44.5 Å². The highest BCUT2D eigenvalue weighted by atomic mass is 16.5. The van der Waals surface area contributed by atoms with Crippen molar-refractivity contribution in [3.63, 3.8) is 0 Å². The molecule has 3 aromatic carbocycles. The third-order valence-corrected chi connectivity index (χ3v) is 6.63. The number of pyridine rings is 1. The molecule has 0 spiro atoms. The van der Waals surface area contributed by atoms with Gasteiger partial charge in [0.1, 0.15) is 11.9 Å². The van der Waals surface area contributed by atoms with Crippen LogP contribution in [0.2, 0.25) is 0 Å². The molecule has 0 bridgehead atoms. The molecule has 3 nitrogen and oxygen atoms in total. The molecule has 0 amide bonds. The molecule has 0 radical (unpaired) electrons. The number of hydrogen-bond donors (Lipinski definition) is 1. The van der Waals surface area contributed by atoms with Gasteiger partial charge in [0.2, 0.25) is 0 Å². The lowest BCUT2D eigenvalue weighted by Crippen LogP contribution is -2.33. The third-order valence-electron chi connectivity index (χ3n) is 6.63. The first-order valence-electron chi connectivity index (χ1n) is 11.4. The molecule has 0 unspecified atom stereocenters. The first-order valence-corrected chi connectivity index (χ1v) is 11.4. The van der Waals surface area contributed by atoms with Crippen molar-refractivity contribution < 1.29 is 4.74 Å². The lowest BCUT2D eigenvalue weighted by atomic mass is 9.94. The molecule has 1 atom stereocenters. The molecule has 32 heavy (non-hydrogen) atoms. The van der Waals surface area contributed by atoms with E-state index in [-0.39, 0.29) is 6.10 Å². The van der Waals surface area contributed by atoms with Crippen LogP contribution in [0, 0.1) is 0 Å². The Bertz CT molecular complexity index is 1280. The molecular weight excluding hydrogens is 392 g/mol. The van der Waals surface area contributed by atoms with Crippen LogP contribution in [-0.2, 0) is 19.4 Å². The van der Waals surface area contributed by atoms with Gasteiger partial charge in [0.05, 0.1) is 0 Å². The van der Waals surface area contributed by atoms with Gasteiger partial charge in [0.15, 0.2) is 0 Å². The fourth-order valence-electron chi connectivity index (χ4n) is 5.06. The fraction of sp³-hybridized carbons (Fsp3) is 0.207. The third kappa shape index (κ3) is 3.59. The summed E-state index contributed by atoms with van der Waals surface area (Å²) >= 11 is 0. The fourth-order valence-corrected chi connectivity index (χ4v) is 5.06. The van der Waals surface area contributed by atoms with Crippen LogP contribution in [0.5, 0.6) is 5.75 Å². The van der Waals surface area contributed by atoms with Crippen LogP contribution in [-0.4, -0.2) is 17.6 Å². The van der Waals surface area contributed by atoms with Crippen molar-refractivity contribution in [2.75, 3.05) is 6.54 Å². The number of hydrogen-bond acceptors (Lipinski definition) is 3. The summed E-state index contributed by atoms with van der Waals surface area (Å²) in [5.74, 6) is 1.03. The summed E-state index contributed by atoms with van der Waals surface area (Å²) in [5.41, 5.74) is 10.5. The summed E-state index contributed by atoms with van der Waals surface area (Å²) in [7, 11) is 0. The monoisotopic (exact) mass is 418 g/mol. The second-order valence-electron chi connectivity index (χ2n) is 8.77. The molecule has 1 N–H and O–H groups in total. The maximum Gasteiger partial charge on any atom is 0.122 e. The van der Waals surface area contributed by atoms with Gasteiger partial charge in [0, 0.05) is 31.0 Å². The van der Waals surface area contributed by atoms with Crippen molar-refractivity contribution in [2.45, 2.75) is 31.9 Å². The lowest BCUT2D eigenvalue weighted by Gasteiger charge is -2.26. The zero-order valence-corrected chi connectivity index (χ0v) is 18.1. The number of nitrogens with one attached hydrogen (secondary N) is 1. The normalized spacial score (nSPS) is 16.1. The quantitative estimate of drug-likeness (QED) is 0.391. The van der Waals surface area contributed by atoms with Gasteiger partial charge in [-0.2, -0.15) is 0 Å². The van der Waals surface area contributed by atoms with Crippen LogP contribution in [0.3, 0.4) is 0 Å².